The van der Waals surface area contributed by atoms with Crippen LogP contribution in [0.15, 0.2) is 0 Å². The summed E-state index contributed by atoms with van der Waals surface area (Å²) in [5.41, 5.74) is 0. The fraction of sp³-hybridized carbons (Fsp3) is 0.875. The average molecular weight is 170 g/mol. The lowest BCUT2D eigenvalue weighted by Crippen LogP contribution is -2.32. The van der Waals surface area contributed by atoms with Crippen molar-refractivity contribution in [3.8, 4) is 6.07 Å². The first-order chi connectivity index (χ1) is 5.81. The maximum absolute atomic E-state index is 8.97. The van der Waals surface area contributed by atoms with Gasteiger partial charge < -0.3 is 9.84 Å². The Morgan fingerprint density at radius 3 is 3.00 bits per heavy atom. The SMILES string of the molecule is CO[C@H]1C[C@@H](CO)N(CC#N)C1. The van der Waals surface area contributed by atoms with Crippen LogP contribution in [0.3, 0.4) is 0 Å². The summed E-state index contributed by atoms with van der Waals surface area (Å²) >= 11 is 0. The van der Waals surface area contributed by atoms with E-state index in [-0.39, 0.29) is 18.8 Å². The van der Waals surface area contributed by atoms with Gasteiger partial charge >= 0.3 is 0 Å². The van der Waals surface area contributed by atoms with E-state index in [0.29, 0.717) is 6.54 Å². The van der Waals surface area contributed by atoms with Crippen molar-refractivity contribution in [1.29, 1.82) is 5.26 Å². The molecule has 0 aromatic heterocycles. The summed E-state index contributed by atoms with van der Waals surface area (Å²) < 4.78 is 5.16. The molecule has 1 aliphatic heterocycles. The molecule has 0 saturated carbocycles. The number of aliphatic hydroxyl groups excluding tert-OH is 1. The van der Waals surface area contributed by atoms with E-state index in [2.05, 4.69) is 6.07 Å². The van der Waals surface area contributed by atoms with E-state index in [4.69, 9.17) is 15.1 Å². The number of nitrogens with zero attached hydrogens (tertiary/aromatic N) is 2. The van der Waals surface area contributed by atoms with Gasteiger partial charge in [-0.2, -0.15) is 5.26 Å². The Kier molecular flexibility index (Phi) is 3.48. The maximum Gasteiger partial charge on any atom is 0.0870 e. The average Bonchev–Trinajstić information content (AvgIpc) is 2.48. The summed E-state index contributed by atoms with van der Waals surface area (Å²) in [6.07, 6.45) is 1.00. The molecule has 1 N–H and O–H groups in total. The second-order valence-corrected chi connectivity index (χ2v) is 3.02. The van der Waals surface area contributed by atoms with Gasteiger partial charge in [-0.1, -0.05) is 0 Å². The van der Waals surface area contributed by atoms with E-state index in [1.807, 2.05) is 4.90 Å². The minimum absolute atomic E-state index is 0.106. The van der Waals surface area contributed by atoms with Gasteiger partial charge in [-0.05, 0) is 6.42 Å². The van der Waals surface area contributed by atoms with Crippen LogP contribution in [0.2, 0.25) is 0 Å². The molecule has 1 aliphatic rings. The zero-order valence-corrected chi connectivity index (χ0v) is 7.23. The second kappa shape index (κ2) is 4.41. The van der Waals surface area contributed by atoms with Crippen molar-refractivity contribution < 1.29 is 9.84 Å². The Hall–Kier alpha value is -0.630. The third-order valence-corrected chi connectivity index (χ3v) is 2.31. The third kappa shape index (κ3) is 1.95. The van der Waals surface area contributed by atoms with Crippen LogP contribution in [-0.4, -0.2) is 49.0 Å². The summed E-state index contributed by atoms with van der Waals surface area (Å²) in [5, 5.41) is 17.5. The van der Waals surface area contributed by atoms with Crippen molar-refractivity contribution in [1.82, 2.24) is 4.90 Å². The van der Waals surface area contributed by atoms with Crippen LogP contribution in [-0.2, 0) is 4.74 Å². The number of aliphatic hydroxyl groups is 1. The van der Waals surface area contributed by atoms with Crippen LogP contribution in [0.1, 0.15) is 6.42 Å². The van der Waals surface area contributed by atoms with Crippen LogP contribution < -0.4 is 0 Å². The van der Waals surface area contributed by atoms with Crippen molar-refractivity contribution in [3.63, 3.8) is 0 Å². The van der Waals surface area contributed by atoms with Crippen LogP contribution in [0.4, 0.5) is 0 Å². The first-order valence-corrected chi connectivity index (χ1v) is 4.06. The van der Waals surface area contributed by atoms with Crippen molar-refractivity contribution in [2.24, 2.45) is 0 Å². The number of nitriles is 1. The highest BCUT2D eigenvalue weighted by molar-refractivity contribution is 4.90. The lowest BCUT2D eigenvalue weighted by Gasteiger charge is -2.17. The topological polar surface area (TPSA) is 56.5 Å². The Bertz CT molecular complexity index is 178. The summed E-state index contributed by atoms with van der Waals surface area (Å²) in [6, 6.07) is 2.18. The Labute approximate surface area is 72.3 Å². The molecule has 1 rings (SSSR count). The van der Waals surface area contributed by atoms with Gasteiger partial charge in [0.1, 0.15) is 0 Å². The third-order valence-electron chi connectivity index (χ3n) is 2.31. The second-order valence-electron chi connectivity index (χ2n) is 3.02. The van der Waals surface area contributed by atoms with Crippen LogP contribution in [0, 0.1) is 11.3 Å². The summed E-state index contributed by atoms with van der Waals surface area (Å²) in [5.74, 6) is 0. The molecule has 0 amide bonds. The first kappa shape index (κ1) is 9.46. The van der Waals surface area contributed by atoms with Gasteiger partial charge in [0, 0.05) is 19.7 Å². The molecule has 0 aliphatic carbocycles. The minimum atomic E-state index is 0.106. The Morgan fingerprint density at radius 2 is 2.50 bits per heavy atom. The largest absolute Gasteiger partial charge is 0.395 e. The molecular formula is C8H14N2O2. The van der Waals surface area contributed by atoms with E-state index >= 15 is 0 Å². The molecule has 68 valence electrons. The molecule has 0 bridgehead atoms. The van der Waals surface area contributed by atoms with Gasteiger partial charge in [0.2, 0.25) is 0 Å². The lowest BCUT2D eigenvalue weighted by molar-refractivity contribution is 0.110. The molecule has 0 spiro atoms. The molecule has 1 heterocycles. The number of methoxy groups -OCH3 is 1. The van der Waals surface area contributed by atoms with Crippen molar-refractivity contribution in [2.45, 2.75) is 18.6 Å². The molecule has 4 heteroatoms. The van der Waals surface area contributed by atoms with Gasteiger partial charge in [0.25, 0.3) is 0 Å². The highest BCUT2D eigenvalue weighted by Crippen LogP contribution is 2.18. The van der Waals surface area contributed by atoms with Gasteiger partial charge in [-0.3, -0.25) is 4.90 Å². The number of hydrogen-bond acceptors (Lipinski definition) is 4. The molecule has 4 nitrogen and oxygen atoms in total. The number of rotatable bonds is 3. The predicted molar refractivity (Wildman–Crippen MR) is 43.5 cm³/mol. The molecule has 0 radical (unpaired) electrons. The first-order valence-electron chi connectivity index (χ1n) is 4.06. The zero-order valence-electron chi connectivity index (χ0n) is 7.23. The van der Waals surface area contributed by atoms with Crippen LogP contribution in [0.25, 0.3) is 0 Å². The molecule has 0 aromatic carbocycles. The Balaban J connectivity index is 2.45. The summed E-state index contributed by atoms with van der Waals surface area (Å²) in [4.78, 5) is 1.95. The molecule has 1 saturated heterocycles. The normalized spacial score (nSPS) is 30.4. The summed E-state index contributed by atoms with van der Waals surface area (Å²) in [6.45, 7) is 1.25. The van der Waals surface area contributed by atoms with Crippen LogP contribution in [0.5, 0.6) is 0 Å². The molecule has 12 heavy (non-hydrogen) atoms. The predicted octanol–water partition coefficient (Wildman–Crippen LogP) is -0.408. The lowest BCUT2D eigenvalue weighted by atomic mass is 10.2. The van der Waals surface area contributed by atoms with E-state index in [9.17, 15) is 0 Å². The molecular weight excluding hydrogens is 156 g/mol. The maximum atomic E-state index is 8.97. The van der Waals surface area contributed by atoms with E-state index in [1.165, 1.54) is 0 Å². The molecule has 0 aromatic rings. The standard InChI is InChI=1S/C8H14N2O2/c1-12-8-4-7(6-11)10(5-8)3-2-9/h7-8,11H,3-6H2,1H3/t7-,8-/m0/s1. The number of ether oxygens (including phenoxy) is 1. The highest BCUT2D eigenvalue weighted by atomic mass is 16.5. The fourth-order valence-corrected chi connectivity index (χ4v) is 1.58. The molecule has 1 fully saturated rings. The van der Waals surface area contributed by atoms with Crippen molar-refractivity contribution >= 4 is 0 Å². The highest BCUT2D eigenvalue weighted by Gasteiger charge is 2.30. The quantitative estimate of drug-likeness (QED) is 0.585. The van der Waals surface area contributed by atoms with E-state index in [0.717, 1.165) is 13.0 Å². The van der Waals surface area contributed by atoms with Gasteiger partial charge in [0.05, 0.1) is 25.3 Å². The number of hydrogen-bond donors (Lipinski definition) is 1. The minimum Gasteiger partial charge on any atom is -0.395 e. The van der Waals surface area contributed by atoms with Gasteiger partial charge in [-0.15, -0.1) is 0 Å². The fourth-order valence-electron chi connectivity index (χ4n) is 1.58. The van der Waals surface area contributed by atoms with Gasteiger partial charge in [0.15, 0.2) is 0 Å². The molecule has 2 atom stereocenters. The van der Waals surface area contributed by atoms with E-state index in [1.54, 1.807) is 7.11 Å². The monoisotopic (exact) mass is 170 g/mol. The van der Waals surface area contributed by atoms with Crippen molar-refractivity contribution in [2.75, 3.05) is 26.8 Å². The smallest absolute Gasteiger partial charge is 0.0870 e. The Morgan fingerprint density at radius 1 is 1.75 bits per heavy atom. The summed E-state index contributed by atoms with van der Waals surface area (Å²) in [7, 11) is 1.66. The number of likely N-dealkylation sites (tertiary alicyclic amines) is 1. The molecule has 0 unspecified atom stereocenters. The zero-order chi connectivity index (χ0) is 8.97. The van der Waals surface area contributed by atoms with Crippen LogP contribution >= 0.6 is 0 Å². The van der Waals surface area contributed by atoms with E-state index < -0.39 is 0 Å². The van der Waals surface area contributed by atoms with Crippen molar-refractivity contribution in [3.05, 3.63) is 0 Å². The van der Waals surface area contributed by atoms with Gasteiger partial charge in [-0.25, -0.2) is 0 Å².